The molecule has 0 amide bonds. The molecule has 2 fully saturated rings. The first-order valence-corrected chi connectivity index (χ1v) is 9.95. The van der Waals surface area contributed by atoms with Crippen LogP contribution < -0.4 is 0 Å². The summed E-state index contributed by atoms with van der Waals surface area (Å²) in [7, 11) is 0. The fraction of sp³-hybridized carbons (Fsp3) is 1.00. The van der Waals surface area contributed by atoms with Gasteiger partial charge in [-0.2, -0.15) is 0 Å². The minimum absolute atomic E-state index is 1.11. The highest BCUT2D eigenvalue weighted by molar-refractivity contribution is 4.75. The highest BCUT2D eigenvalue weighted by atomic mass is 14.3. The summed E-state index contributed by atoms with van der Waals surface area (Å²) in [6.07, 6.45) is 27.4. The van der Waals surface area contributed by atoms with Crippen LogP contribution in [0.2, 0.25) is 0 Å². The molecule has 0 radical (unpaired) electrons. The molecule has 0 nitrogen and oxygen atoms in total. The first-order chi connectivity index (χ1) is 9.95. The van der Waals surface area contributed by atoms with Crippen molar-refractivity contribution in [3.63, 3.8) is 0 Å². The Balaban J connectivity index is 1.62. The van der Waals surface area contributed by atoms with Gasteiger partial charge in [0.25, 0.3) is 0 Å². The van der Waals surface area contributed by atoms with Crippen molar-refractivity contribution < 1.29 is 0 Å². The second-order valence-electron chi connectivity index (χ2n) is 7.72. The third-order valence-corrected chi connectivity index (χ3v) is 5.87. The predicted molar refractivity (Wildman–Crippen MR) is 90.1 cm³/mol. The van der Waals surface area contributed by atoms with E-state index in [2.05, 4.69) is 0 Å². The molecule has 0 aromatic heterocycles. The summed E-state index contributed by atoms with van der Waals surface area (Å²) in [5.74, 6) is 2.22. The number of hydrogen-bond acceptors (Lipinski definition) is 0. The van der Waals surface area contributed by atoms with Crippen molar-refractivity contribution in [1.29, 1.82) is 0 Å². The Labute approximate surface area is 128 Å². The highest BCUT2D eigenvalue weighted by Crippen LogP contribution is 2.37. The van der Waals surface area contributed by atoms with Crippen molar-refractivity contribution in [2.24, 2.45) is 11.8 Å². The summed E-state index contributed by atoms with van der Waals surface area (Å²) in [5, 5.41) is 0. The van der Waals surface area contributed by atoms with Gasteiger partial charge in [-0.05, 0) is 18.3 Å². The molecule has 2 rings (SSSR count). The molecular formula is C20H38. The second kappa shape index (κ2) is 10.7. The van der Waals surface area contributed by atoms with Gasteiger partial charge in [-0.25, -0.2) is 0 Å². The van der Waals surface area contributed by atoms with E-state index in [0.29, 0.717) is 0 Å². The second-order valence-corrected chi connectivity index (χ2v) is 7.72. The van der Waals surface area contributed by atoms with Crippen LogP contribution in [0, 0.1) is 11.8 Å². The standard InChI is InChI=1S/C20H38/c1-2-4-6-8-10-12-14-19-16-17-20(18-19)15-13-11-9-7-5-3-1/h19-20H,1-18H2. The van der Waals surface area contributed by atoms with Crippen molar-refractivity contribution in [1.82, 2.24) is 0 Å². The van der Waals surface area contributed by atoms with Crippen molar-refractivity contribution in [2.75, 3.05) is 0 Å². The van der Waals surface area contributed by atoms with Gasteiger partial charge >= 0.3 is 0 Å². The van der Waals surface area contributed by atoms with E-state index in [9.17, 15) is 0 Å². The molecule has 20 heavy (non-hydrogen) atoms. The smallest absolute Gasteiger partial charge is 0.0412 e. The lowest BCUT2D eigenvalue weighted by Gasteiger charge is -2.12. The topological polar surface area (TPSA) is 0 Å². The van der Waals surface area contributed by atoms with Crippen LogP contribution in [0.5, 0.6) is 0 Å². The molecule has 0 aliphatic heterocycles. The zero-order valence-electron chi connectivity index (χ0n) is 13.9. The molecule has 2 saturated carbocycles. The summed E-state index contributed by atoms with van der Waals surface area (Å²) in [6, 6.07) is 0. The molecular weight excluding hydrogens is 240 g/mol. The van der Waals surface area contributed by atoms with E-state index in [1.54, 1.807) is 32.1 Å². The lowest BCUT2D eigenvalue weighted by molar-refractivity contribution is 0.412. The average molecular weight is 279 g/mol. The quantitative estimate of drug-likeness (QED) is 0.437. The molecule has 0 N–H and O–H groups in total. The van der Waals surface area contributed by atoms with E-state index in [0.717, 1.165) is 11.8 Å². The lowest BCUT2D eigenvalue weighted by atomic mass is 9.94. The summed E-state index contributed by atoms with van der Waals surface area (Å²) in [4.78, 5) is 0. The third-order valence-electron chi connectivity index (χ3n) is 5.87. The van der Waals surface area contributed by atoms with Crippen molar-refractivity contribution >= 4 is 0 Å². The van der Waals surface area contributed by atoms with E-state index in [4.69, 9.17) is 0 Å². The zero-order chi connectivity index (χ0) is 13.9. The van der Waals surface area contributed by atoms with E-state index in [1.807, 2.05) is 0 Å². The zero-order valence-corrected chi connectivity index (χ0v) is 13.9. The minimum Gasteiger partial charge on any atom is -0.0533 e. The summed E-state index contributed by atoms with van der Waals surface area (Å²) in [6.45, 7) is 0. The SMILES string of the molecule is C1CCCCCCCC2CCC(CCCCCCC1)C2. The molecule has 0 spiro atoms. The summed E-state index contributed by atoms with van der Waals surface area (Å²) in [5.41, 5.74) is 0. The maximum absolute atomic E-state index is 1.58. The molecule has 0 aromatic carbocycles. The third kappa shape index (κ3) is 7.14. The van der Waals surface area contributed by atoms with Crippen molar-refractivity contribution in [3.8, 4) is 0 Å². The molecule has 0 heterocycles. The Morgan fingerprint density at radius 3 is 0.950 bits per heavy atom. The van der Waals surface area contributed by atoms with Crippen molar-refractivity contribution in [2.45, 2.75) is 116 Å². The first-order valence-electron chi connectivity index (χ1n) is 9.95. The van der Waals surface area contributed by atoms with Crippen LogP contribution in [-0.4, -0.2) is 0 Å². The van der Waals surface area contributed by atoms with E-state index >= 15 is 0 Å². The Morgan fingerprint density at radius 2 is 0.600 bits per heavy atom. The molecule has 2 aliphatic rings. The van der Waals surface area contributed by atoms with Gasteiger partial charge in [0.05, 0.1) is 0 Å². The van der Waals surface area contributed by atoms with Crippen LogP contribution in [0.1, 0.15) is 116 Å². The van der Waals surface area contributed by atoms with Crippen molar-refractivity contribution in [3.05, 3.63) is 0 Å². The summed E-state index contributed by atoms with van der Waals surface area (Å²) >= 11 is 0. The monoisotopic (exact) mass is 278 g/mol. The van der Waals surface area contributed by atoms with Gasteiger partial charge in [-0.15, -0.1) is 0 Å². The highest BCUT2D eigenvalue weighted by Gasteiger charge is 2.23. The van der Waals surface area contributed by atoms with Gasteiger partial charge < -0.3 is 0 Å². The van der Waals surface area contributed by atoms with E-state index in [1.165, 1.54) is 83.5 Å². The summed E-state index contributed by atoms with van der Waals surface area (Å²) < 4.78 is 0. The van der Waals surface area contributed by atoms with E-state index in [-0.39, 0.29) is 0 Å². The predicted octanol–water partition coefficient (Wildman–Crippen LogP) is 7.27. The minimum atomic E-state index is 1.11. The van der Waals surface area contributed by atoms with Crippen LogP contribution in [-0.2, 0) is 0 Å². The molecule has 118 valence electrons. The van der Waals surface area contributed by atoms with Crippen LogP contribution >= 0.6 is 0 Å². The normalized spacial score (nSPS) is 32.4. The fourth-order valence-corrected chi connectivity index (χ4v) is 4.51. The Morgan fingerprint density at radius 1 is 0.300 bits per heavy atom. The molecule has 0 saturated heterocycles. The van der Waals surface area contributed by atoms with Gasteiger partial charge in [0.15, 0.2) is 0 Å². The van der Waals surface area contributed by atoms with Gasteiger partial charge in [-0.1, -0.05) is 109 Å². The number of rotatable bonds is 0. The maximum Gasteiger partial charge on any atom is -0.0412 e. The molecule has 2 bridgehead atoms. The maximum atomic E-state index is 1.58. The number of fused-ring (bicyclic) bond motifs is 2. The van der Waals surface area contributed by atoms with Crippen LogP contribution in [0.4, 0.5) is 0 Å². The average Bonchev–Trinajstić information content (AvgIpc) is 2.90. The fourth-order valence-electron chi connectivity index (χ4n) is 4.51. The molecule has 2 unspecified atom stereocenters. The Bertz CT molecular complexity index is 198. The van der Waals surface area contributed by atoms with Gasteiger partial charge in [-0.3, -0.25) is 0 Å². The molecule has 0 heteroatoms. The Hall–Kier alpha value is 0. The first kappa shape index (κ1) is 16.4. The van der Waals surface area contributed by atoms with Crippen LogP contribution in [0.3, 0.4) is 0 Å². The van der Waals surface area contributed by atoms with Crippen LogP contribution in [0.15, 0.2) is 0 Å². The number of hydrogen-bond donors (Lipinski definition) is 0. The van der Waals surface area contributed by atoms with Gasteiger partial charge in [0, 0.05) is 0 Å². The lowest BCUT2D eigenvalue weighted by Crippen LogP contribution is -1.97. The van der Waals surface area contributed by atoms with Crippen LogP contribution in [0.25, 0.3) is 0 Å². The van der Waals surface area contributed by atoms with E-state index < -0.39 is 0 Å². The van der Waals surface area contributed by atoms with Gasteiger partial charge in [0.1, 0.15) is 0 Å². The molecule has 2 atom stereocenters. The molecule has 2 aliphatic carbocycles. The Kier molecular flexibility index (Phi) is 8.75. The van der Waals surface area contributed by atoms with Gasteiger partial charge in [0.2, 0.25) is 0 Å². The largest absolute Gasteiger partial charge is 0.0533 e. The molecule has 0 aromatic rings.